The third-order valence-corrected chi connectivity index (χ3v) is 4.77. The summed E-state index contributed by atoms with van der Waals surface area (Å²) < 4.78 is 4.97. The quantitative estimate of drug-likeness (QED) is 0.705. The molecule has 0 aromatic carbocycles. The standard InChI is InChI=1S/C13H14N2O3/c1-6-4-9(14-18-6)15-12(16)10-7-2-3-8(5-7)11(10)13(15)17/h4,7-8,10-11H,2-3,5H2,1H3/t7-,8-,10-,11-/m0/s1. The van der Waals surface area contributed by atoms with Crippen LogP contribution in [0.1, 0.15) is 25.0 Å². The number of amides is 2. The van der Waals surface area contributed by atoms with Crippen LogP contribution >= 0.6 is 0 Å². The summed E-state index contributed by atoms with van der Waals surface area (Å²) in [5.41, 5.74) is 0. The molecule has 2 amide bonds. The highest BCUT2D eigenvalue weighted by atomic mass is 16.5. The van der Waals surface area contributed by atoms with E-state index in [2.05, 4.69) is 5.16 Å². The van der Waals surface area contributed by atoms with Crippen molar-refractivity contribution in [3.05, 3.63) is 11.8 Å². The van der Waals surface area contributed by atoms with Gasteiger partial charge in [-0.2, -0.15) is 0 Å². The fraction of sp³-hybridized carbons (Fsp3) is 0.615. The Hall–Kier alpha value is -1.65. The van der Waals surface area contributed by atoms with Gasteiger partial charge in [0, 0.05) is 6.07 Å². The zero-order valence-electron chi connectivity index (χ0n) is 10.1. The van der Waals surface area contributed by atoms with Gasteiger partial charge in [0.1, 0.15) is 5.76 Å². The van der Waals surface area contributed by atoms with Gasteiger partial charge in [-0.1, -0.05) is 5.16 Å². The van der Waals surface area contributed by atoms with E-state index < -0.39 is 0 Å². The van der Waals surface area contributed by atoms with Crippen molar-refractivity contribution in [2.75, 3.05) is 4.90 Å². The van der Waals surface area contributed by atoms with Crippen LogP contribution in [0, 0.1) is 30.6 Å². The molecule has 1 aromatic heterocycles. The van der Waals surface area contributed by atoms with Crippen LogP contribution in [0.25, 0.3) is 0 Å². The maximum absolute atomic E-state index is 12.4. The molecular formula is C13H14N2O3. The lowest BCUT2D eigenvalue weighted by Gasteiger charge is -2.19. The highest BCUT2D eigenvalue weighted by Crippen LogP contribution is 2.56. The van der Waals surface area contributed by atoms with Gasteiger partial charge in [0.05, 0.1) is 11.8 Å². The number of aryl methyl sites for hydroxylation is 1. The fourth-order valence-electron chi connectivity index (χ4n) is 4.09. The zero-order valence-corrected chi connectivity index (χ0v) is 10.1. The van der Waals surface area contributed by atoms with Gasteiger partial charge < -0.3 is 4.52 Å². The molecule has 0 spiro atoms. The van der Waals surface area contributed by atoms with Crippen molar-refractivity contribution in [1.29, 1.82) is 0 Å². The number of imide groups is 1. The van der Waals surface area contributed by atoms with Crippen LogP contribution in [-0.2, 0) is 9.59 Å². The Morgan fingerprint density at radius 1 is 1.22 bits per heavy atom. The third-order valence-electron chi connectivity index (χ3n) is 4.77. The van der Waals surface area contributed by atoms with Crippen molar-refractivity contribution in [3.63, 3.8) is 0 Å². The summed E-state index contributed by atoms with van der Waals surface area (Å²) >= 11 is 0. The minimum atomic E-state index is -0.0896. The topological polar surface area (TPSA) is 63.4 Å². The second-order valence-electron chi connectivity index (χ2n) is 5.69. The minimum Gasteiger partial charge on any atom is -0.360 e. The van der Waals surface area contributed by atoms with Gasteiger partial charge >= 0.3 is 0 Å². The van der Waals surface area contributed by atoms with Crippen molar-refractivity contribution < 1.29 is 14.1 Å². The van der Waals surface area contributed by atoms with Crippen LogP contribution < -0.4 is 4.90 Å². The second-order valence-corrected chi connectivity index (χ2v) is 5.69. The minimum absolute atomic E-state index is 0.0644. The predicted octanol–water partition coefficient (Wildman–Crippen LogP) is 1.52. The molecule has 2 bridgehead atoms. The molecule has 5 nitrogen and oxygen atoms in total. The maximum Gasteiger partial charge on any atom is 0.239 e. The molecule has 2 saturated carbocycles. The van der Waals surface area contributed by atoms with Crippen LogP contribution in [0.15, 0.2) is 10.6 Å². The largest absolute Gasteiger partial charge is 0.360 e. The van der Waals surface area contributed by atoms with Gasteiger partial charge in [-0.25, -0.2) is 4.90 Å². The van der Waals surface area contributed by atoms with Gasteiger partial charge in [-0.3, -0.25) is 9.59 Å². The zero-order chi connectivity index (χ0) is 12.4. The molecule has 1 aliphatic heterocycles. The van der Waals surface area contributed by atoms with E-state index >= 15 is 0 Å². The Balaban J connectivity index is 1.75. The molecule has 2 heterocycles. The summed E-state index contributed by atoms with van der Waals surface area (Å²) in [6.45, 7) is 1.76. The smallest absolute Gasteiger partial charge is 0.239 e. The SMILES string of the molecule is Cc1cc(N2C(=O)[C@H]3[C@H]4CC[C@@H](C4)[C@@H]3C2=O)no1. The van der Waals surface area contributed by atoms with Crippen molar-refractivity contribution >= 4 is 17.6 Å². The molecule has 5 heteroatoms. The molecule has 0 radical (unpaired) electrons. The highest BCUT2D eigenvalue weighted by Gasteiger charge is 2.61. The van der Waals surface area contributed by atoms with Crippen LogP contribution in [-0.4, -0.2) is 17.0 Å². The molecule has 2 aliphatic carbocycles. The Bertz CT molecular complexity index is 522. The molecule has 3 aliphatic rings. The van der Waals surface area contributed by atoms with Crippen molar-refractivity contribution in [3.8, 4) is 0 Å². The van der Waals surface area contributed by atoms with Crippen LogP contribution in [0.5, 0.6) is 0 Å². The van der Waals surface area contributed by atoms with Gasteiger partial charge in [-0.15, -0.1) is 0 Å². The number of hydrogen-bond acceptors (Lipinski definition) is 4. The summed E-state index contributed by atoms with van der Waals surface area (Å²) in [6.07, 6.45) is 3.24. The van der Waals surface area contributed by atoms with Crippen LogP contribution in [0.4, 0.5) is 5.82 Å². The average Bonchev–Trinajstić information content (AvgIpc) is 3.05. The predicted molar refractivity (Wildman–Crippen MR) is 61.5 cm³/mol. The normalized spacial score (nSPS) is 37.7. The molecule has 0 unspecified atom stereocenters. The van der Waals surface area contributed by atoms with Gasteiger partial charge in [-0.05, 0) is 38.0 Å². The number of fused-ring (bicyclic) bond motifs is 5. The summed E-state index contributed by atoms with van der Waals surface area (Å²) in [7, 11) is 0. The number of anilines is 1. The lowest BCUT2D eigenvalue weighted by molar-refractivity contribution is -0.123. The highest BCUT2D eigenvalue weighted by molar-refractivity contribution is 6.22. The lowest BCUT2D eigenvalue weighted by Crippen LogP contribution is -2.32. The molecular weight excluding hydrogens is 232 g/mol. The lowest BCUT2D eigenvalue weighted by atomic mass is 9.81. The van der Waals surface area contributed by atoms with E-state index in [1.165, 1.54) is 4.90 Å². The summed E-state index contributed by atoms with van der Waals surface area (Å²) in [5.74, 6) is 1.49. The number of nitrogens with zero attached hydrogens (tertiary/aromatic N) is 2. The first-order valence-electron chi connectivity index (χ1n) is 6.48. The van der Waals surface area contributed by atoms with Crippen molar-refractivity contribution in [1.82, 2.24) is 5.16 Å². The summed E-state index contributed by atoms with van der Waals surface area (Å²) in [6, 6.07) is 1.65. The number of hydrogen-bond donors (Lipinski definition) is 0. The molecule has 0 N–H and O–H groups in total. The second kappa shape index (κ2) is 3.22. The monoisotopic (exact) mass is 246 g/mol. The molecule has 94 valence electrons. The van der Waals surface area contributed by atoms with Gasteiger partial charge in [0.25, 0.3) is 0 Å². The molecule has 3 fully saturated rings. The van der Waals surface area contributed by atoms with E-state index in [1.807, 2.05) is 0 Å². The Morgan fingerprint density at radius 3 is 2.33 bits per heavy atom. The van der Waals surface area contributed by atoms with Gasteiger partial charge in [0.2, 0.25) is 11.8 Å². The number of aromatic nitrogens is 1. The summed E-state index contributed by atoms with van der Waals surface area (Å²) in [5, 5.41) is 3.81. The fourth-order valence-corrected chi connectivity index (χ4v) is 4.09. The Kier molecular flexibility index (Phi) is 1.84. The molecule has 4 rings (SSSR count). The third kappa shape index (κ3) is 1.09. The Labute approximate surface area is 104 Å². The number of rotatable bonds is 1. The molecule has 1 saturated heterocycles. The maximum atomic E-state index is 12.4. The number of carbonyl (C=O) groups is 2. The summed E-state index contributed by atoms with van der Waals surface area (Å²) in [4.78, 5) is 26.1. The molecule has 18 heavy (non-hydrogen) atoms. The average molecular weight is 246 g/mol. The molecule has 1 aromatic rings. The van der Waals surface area contributed by atoms with Crippen LogP contribution in [0.3, 0.4) is 0 Å². The molecule has 4 atom stereocenters. The Morgan fingerprint density at radius 2 is 1.83 bits per heavy atom. The van der Waals surface area contributed by atoms with E-state index in [4.69, 9.17) is 4.52 Å². The van der Waals surface area contributed by atoms with E-state index in [1.54, 1.807) is 13.0 Å². The first-order valence-corrected chi connectivity index (χ1v) is 6.48. The number of carbonyl (C=O) groups excluding carboxylic acids is 2. The van der Waals surface area contributed by atoms with Crippen molar-refractivity contribution in [2.24, 2.45) is 23.7 Å². The van der Waals surface area contributed by atoms with Crippen molar-refractivity contribution in [2.45, 2.75) is 26.2 Å². The van der Waals surface area contributed by atoms with E-state index in [0.717, 1.165) is 19.3 Å². The first kappa shape index (κ1) is 10.3. The van der Waals surface area contributed by atoms with E-state index in [9.17, 15) is 9.59 Å². The van der Waals surface area contributed by atoms with E-state index in [-0.39, 0.29) is 23.7 Å². The van der Waals surface area contributed by atoms with E-state index in [0.29, 0.717) is 23.4 Å². The van der Waals surface area contributed by atoms with Gasteiger partial charge in [0.15, 0.2) is 5.82 Å². The first-order chi connectivity index (χ1) is 8.66. The van der Waals surface area contributed by atoms with Crippen LogP contribution in [0.2, 0.25) is 0 Å².